The molecule has 0 amide bonds. The van der Waals surface area contributed by atoms with Gasteiger partial charge in [-0.25, -0.2) is 4.68 Å². The van der Waals surface area contributed by atoms with Crippen LogP contribution >= 0.6 is 0 Å². The molecule has 0 spiro atoms. The van der Waals surface area contributed by atoms with Crippen LogP contribution in [0.1, 0.15) is 19.4 Å². The fourth-order valence-corrected chi connectivity index (χ4v) is 1.77. The molecule has 0 bridgehead atoms. The van der Waals surface area contributed by atoms with Crippen LogP contribution < -0.4 is 0 Å². The summed E-state index contributed by atoms with van der Waals surface area (Å²) in [6, 6.07) is 7.62. The highest BCUT2D eigenvalue weighted by atomic mass is 16.4. The van der Waals surface area contributed by atoms with E-state index in [0.717, 1.165) is 11.3 Å². The van der Waals surface area contributed by atoms with E-state index < -0.39 is 11.4 Å². The Balaban J connectivity index is 2.38. The van der Waals surface area contributed by atoms with Gasteiger partial charge in [-0.15, -0.1) is 5.10 Å². The van der Waals surface area contributed by atoms with Gasteiger partial charge in [0.15, 0.2) is 0 Å². The molecule has 5 heteroatoms. The van der Waals surface area contributed by atoms with Crippen molar-refractivity contribution < 1.29 is 9.90 Å². The summed E-state index contributed by atoms with van der Waals surface area (Å²) in [4.78, 5) is 11.2. The van der Waals surface area contributed by atoms with Crippen LogP contribution in [0.15, 0.2) is 36.7 Å². The molecule has 18 heavy (non-hydrogen) atoms. The minimum atomic E-state index is -0.809. The first-order valence-corrected chi connectivity index (χ1v) is 5.69. The maximum absolute atomic E-state index is 11.2. The van der Waals surface area contributed by atoms with Crippen LogP contribution in [0.5, 0.6) is 0 Å². The summed E-state index contributed by atoms with van der Waals surface area (Å²) in [5, 5.41) is 16.9. The minimum absolute atomic E-state index is 0.443. The van der Waals surface area contributed by atoms with Crippen molar-refractivity contribution in [2.45, 2.75) is 20.3 Å². The molecular weight excluding hydrogens is 230 g/mol. The Kier molecular flexibility index (Phi) is 3.14. The third-order valence-corrected chi connectivity index (χ3v) is 2.87. The summed E-state index contributed by atoms with van der Waals surface area (Å²) in [5.74, 6) is -0.809. The molecule has 0 radical (unpaired) electrons. The summed E-state index contributed by atoms with van der Waals surface area (Å²) in [7, 11) is 0. The fraction of sp³-hybridized carbons (Fsp3) is 0.308. The second-order valence-electron chi connectivity index (χ2n) is 4.84. The molecule has 2 rings (SSSR count). The third-order valence-electron chi connectivity index (χ3n) is 2.87. The highest BCUT2D eigenvalue weighted by molar-refractivity contribution is 5.74. The number of hydrogen-bond acceptors (Lipinski definition) is 3. The molecule has 1 aromatic carbocycles. The van der Waals surface area contributed by atoms with Crippen molar-refractivity contribution in [2.75, 3.05) is 0 Å². The summed E-state index contributed by atoms with van der Waals surface area (Å²) in [5.41, 5.74) is 0.996. The number of carboxylic acid groups (broad SMARTS) is 1. The quantitative estimate of drug-likeness (QED) is 0.893. The number of aromatic nitrogens is 3. The van der Waals surface area contributed by atoms with E-state index in [0.29, 0.717) is 6.42 Å². The monoisotopic (exact) mass is 245 g/mol. The largest absolute Gasteiger partial charge is 0.481 e. The molecule has 0 saturated heterocycles. The SMILES string of the molecule is CC(C)(Cc1ccccc1-n1ccnn1)C(=O)O. The molecule has 0 aliphatic heterocycles. The van der Waals surface area contributed by atoms with Crippen LogP contribution in [0.3, 0.4) is 0 Å². The normalized spacial score (nSPS) is 11.4. The lowest BCUT2D eigenvalue weighted by molar-refractivity contribution is -0.146. The van der Waals surface area contributed by atoms with Crippen LogP contribution in [0, 0.1) is 5.41 Å². The number of benzene rings is 1. The van der Waals surface area contributed by atoms with Gasteiger partial charge >= 0.3 is 5.97 Å². The molecule has 0 aliphatic rings. The Labute approximate surface area is 105 Å². The van der Waals surface area contributed by atoms with Gasteiger partial charge in [0.2, 0.25) is 0 Å². The smallest absolute Gasteiger partial charge is 0.309 e. The third kappa shape index (κ3) is 2.40. The Morgan fingerprint density at radius 3 is 2.72 bits per heavy atom. The van der Waals surface area contributed by atoms with E-state index in [1.165, 1.54) is 0 Å². The van der Waals surface area contributed by atoms with Crippen molar-refractivity contribution in [1.29, 1.82) is 0 Å². The van der Waals surface area contributed by atoms with Gasteiger partial charge in [0.05, 0.1) is 23.5 Å². The van der Waals surface area contributed by atoms with Gasteiger partial charge in [-0.1, -0.05) is 23.4 Å². The van der Waals surface area contributed by atoms with Crippen LogP contribution in [0.25, 0.3) is 5.69 Å². The Morgan fingerprint density at radius 1 is 1.39 bits per heavy atom. The summed E-state index contributed by atoms with van der Waals surface area (Å²) < 4.78 is 1.65. The summed E-state index contributed by atoms with van der Waals surface area (Å²) >= 11 is 0. The van der Waals surface area contributed by atoms with E-state index in [-0.39, 0.29) is 0 Å². The van der Waals surface area contributed by atoms with Crippen molar-refractivity contribution in [1.82, 2.24) is 15.0 Å². The van der Waals surface area contributed by atoms with Crippen LogP contribution in [-0.4, -0.2) is 26.1 Å². The van der Waals surface area contributed by atoms with Crippen molar-refractivity contribution >= 4 is 5.97 Å². The molecule has 1 N–H and O–H groups in total. The van der Waals surface area contributed by atoms with E-state index in [1.807, 2.05) is 24.3 Å². The van der Waals surface area contributed by atoms with Crippen LogP contribution in [0.2, 0.25) is 0 Å². The standard InChI is InChI=1S/C13H15N3O2/c1-13(2,12(17)18)9-10-5-3-4-6-11(10)16-8-7-14-15-16/h3-8H,9H2,1-2H3,(H,17,18). The van der Waals surface area contributed by atoms with Gasteiger partial charge in [-0.05, 0) is 31.9 Å². The van der Waals surface area contributed by atoms with Gasteiger partial charge in [-0.3, -0.25) is 4.79 Å². The van der Waals surface area contributed by atoms with E-state index in [1.54, 1.807) is 30.9 Å². The number of hydrogen-bond donors (Lipinski definition) is 1. The van der Waals surface area contributed by atoms with E-state index in [4.69, 9.17) is 0 Å². The first kappa shape index (κ1) is 12.3. The molecule has 1 heterocycles. The van der Waals surface area contributed by atoms with Gasteiger partial charge in [0, 0.05) is 0 Å². The van der Waals surface area contributed by atoms with Crippen molar-refractivity contribution in [3.8, 4) is 5.69 Å². The summed E-state index contributed by atoms with van der Waals surface area (Å²) in [6.45, 7) is 3.43. The molecule has 94 valence electrons. The highest BCUT2D eigenvalue weighted by Crippen LogP contribution is 2.25. The molecule has 0 aliphatic carbocycles. The second-order valence-corrected chi connectivity index (χ2v) is 4.84. The number of carbonyl (C=O) groups is 1. The van der Waals surface area contributed by atoms with Gasteiger partial charge in [0.1, 0.15) is 0 Å². The lowest BCUT2D eigenvalue weighted by Gasteiger charge is -2.20. The van der Waals surface area contributed by atoms with Gasteiger partial charge < -0.3 is 5.11 Å². The molecule has 2 aromatic rings. The Morgan fingerprint density at radius 2 is 2.11 bits per heavy atom. The van der Waals surface area contributed by atoms with E-state index in [2.05, 4.69) is 10.3 Å². The predicted octanol–water partition coefficient (Wildman–Crippen LogP) is 1.92. The fourth-order valence-electron chi connectivity index (χ4n) is 1.77. The predicted molar refractivity (Wildman–Crippen MR) is 66.5 cm³/mol. The van der Waals surface area contributed by atoms with Gasteiger partial charge in [0.25, 0.3) is 0 Å². The number of nitrogens with zero attached hydrogens (tertiary/aromatic N) is 3. The minimum Gasteiger partial charge on any atom is -0.481 e. The average molecular weight is 245 g/mol. The Hall–Kier alpha value is -2.17. The first-order chi connectivity index (χ1) is 8.50. The number of carboxylic acids is 1. The molecule has 0 unspecified atom stereocenters. The first-order valence-electron chi connectivity index (χ1n) is 5.69. The summed E-state index contributed by atoms with van der Waals surface area (Å²) in [6.07, 6.45) is 3.78. The molecule has 1 aromatic heterocycles. The highest BCUT2D eigenvalue weighted by Gasteiger charge is 2.28. The zero-order chi connectivity index (χ0) is 13.2. The van der Waals surface area contributed by atoms with Crippen molar-refractivity contribution in [3.63, 3.8) is 0 Å². The average Bonchev–Trinajstić information content (AvgIpc) is 2.82. The lowest BCUT2D eigenvalue weighted by Crippen LogP contribution is -2.26. The van der Waals surface area contributed by atoms with Gasteiger partial charge in [-0.2, -0.15) is 0 Å². The maximum Gasteiger partial charge on any atom is 0.309 e. The number of rotatable bonds is 4. The molecule has 0 fully saturated rings. The van der Waals surface area contributed by atoms with Crippen LogP contribution in [0.4, 0.5) is 0 Å². The van der Waals surface area contributed by atoms with E-state index >= 15 is 0 Å². The Bertz CT molecular complexity index is 547. The zero-order valence-electron chi connectivity index (χ0n) is 10.4. The van der Waals surface area contributed by atoms with E-state index in [9.17, 15) is 9.90 Å². The van der Waals surface area contributed by atoms with Crippen LogP contribution in [-0.2, 0) is 11.2 Å². The van der Waals surface area contributed by atoms with Crippen molar-refractivity contribution in [2.24, 2.45) is 5.41 Å². The topological polar surface area (TPSA) is 68.0 Å². The van der Waals surface area contributed by atoms with Crippen molar-refractivity contribution in [3.05, 3.63) is 42.2 Å². The number of aliphatic carboxylic acids is 1. The number of para-hydroxylation sites is 1. The second kappa shape index (κ2) is 4.60. The molecular formula is C13H15N3O2. The molecule has 0 saturated carbocycles. The maximum atomic E-state index is 11.2. The molecule has 5 nitrogen and oxygen atoms in total. The lowest BCUT2D eigenvalue weighted by atomic mass is 9.85. The zero-order valence-corrected chi connectivity index (χ0v) is 10.4. The molecule has 0 atom stereocenters.